The van der Waals surface area contributed by atoms with Gasteiger partial charge in [0.2, 0.25) is 0 Å². The van der Waals surface area contributed by atoms with Gasteiger partial charge in [-0.05, 0) is 36.4 Å². The van der Waals surface area contributed by atoms with Crippen molar-refractivity contribution in [3.8, 4) is 23.6 Å². The Morgan fingerprint density at radius 3 is 1.57 bits per heavy atom. The first-order valence-electron chi connectivity index (χ1n) is 5.67. The van der Waals surface area contributed by atoms with E-state index in [1.54, 1.807) is 12.1 Å². The van der Waals surface area contributed by atoms with Crippen LogP contribution in [0.1, 0.15) is 11.1 Å². The highest BCUT2D eigenvalue weighted by atomic mass is 35.5. The molecule has 0 amide bonds. The van der Waals surface area contributed by atoms with Gasteiger partial charge in [0.05, 0.1) is 23.3 Å². The molecule has 0 saturated heterocycles. The maximum absolute atomic E-state index is 8.83. The normalized spacial score (nSPS) is 9.33. The predicted molar refractivity (Wildman–Crippen MR) is 79.3 cm³/mol. The van der Waals surface area contributed by atoms with Crippen molar-refractivity contribution in [3.63, 3.8) is 0 Å². The van der Waals surface area contributed by atoms with Crippen molar-refractivity contribution in [2.45, 2.75) is 0 Å². The maximum Gasteiger partial charge on any atom is 0.658 e. The summed E-state index contributed by atoms with van der Waals surface area (Å²) < 4.78 is 10.5. The van der Waals surface area contributed by atoms with Crippen molar-refractivity contribution in [1.29, 1.82) is 10.5 Å². The Balaban J connectivity index is 2.02. The second kappa shape index (κ2) is 6.90. The van der Waals surface area contributed by atoms with Gasteiger partial charge in [0.25, 0.3) is 0 Å². The van der Waals surface area contributed by atoms with Gasteiger partial charge in [-0.3, -0.25) is 0 Å². The second-order valence-electron chi connectivity index (χ2n) is 3.91. The van der Waals surface area contributed by atoms with Crippen molar-refractivity contribution in [2.75, 3.05) is 0 Å². The van der Waals surface area contributed by atoms with Crippen molar-refractivity contribution < 1.29 is 9.31 Å². The third kappa shape index (κ3) is 4.32. The zero-order valence-electron chi connectivity index (χ0n) is 10.5. The van der Waals surface area contributed by atoms with Gasteiger partial charge < -0.3 is 9.31 Å². The molecule has 2 rings (SSSR count). The third-order valence-electron chi connectivity index (χ3n) is 2.37. The Bertz CT molecular complexity index is 690. The highest BCUT2D eigenvalue weighted by Crippen LogP contribution is 2.22. The van der Waals surface area contributed by atoms with Crippen molar-refractivity contribution in [3.05, 3.63) is 57.6 Å². The van der Waals surface area contributed by atoms with Gasteiger partial charge in [-0.2, -0.15) is 10.5 Å². The van der Waals surface area contributed by atoms with Gasteiger partial charge in [-0.1, -0.05) is 23.2 Å². The summed E-state index contributed by atoms with van der Waals surface area (Å²) in [6.07, 6.45) is 0. The lowest BCUT2D eigenvalue weighted by atomic mass is 10.2. The molecular formula is C14H6BCl2N2O2. The van der Waals surface area contributed by atoms with Gasteiger partial charge in [0, 0.05) is 10.0 Å². The summed E-state index contributed by atoms with van der Waals surface area (Å²) in [5.41, 5.74) is 0.751. The predicted octanol–water partition coefficient (Wildman–Crippen LogP) is 3.73. The number of hydrogen-bond acceptors (Lipinski definition) is 4. The van der Waals surface area contributed by atoms with E-state index in [4.69, 9.17) is 43.0 Å². The van der Waals surface area contributed by atoms with Crippen LogP contribution in [0.3, 0.4) is 0 Å². The van der Waals surface area contributed by atoms with Crippen LogP contribution in [0.25, 0.3) is 0 Å². The second-order valence-corrected chi connectivity index (χ2v) is 4.78. The lowest BCUT2D eigenvalue weighted by Crippen LogP contribution is -2.11. The van der Waals surface area contributed by atoms with E-state index in [0.717, 1.165) is 7.69 Å². The highest BCUT2D eigenvalue weighted by Gasteiger charge is 2.06. The lowest BCUT2D eigenvalue weighted by Gasteiger charge is -2.08. The van der Waals surface area contributed by atoms with Gasteiger partial charge in [0.1, 0.15) is 11.5 Å². The molecule has 0 saturated carbocycles. The van der Waals surface area contributed by atoms with Crippen LogP contribution >= 0.6 is 23.2 Å². The maximum atomic E-state index is 8.83. The zero-order chi connectivity index (χ0) is 15.2. The number of halogens is 2. The fraction of sp³-hybridized carbons (Fsp3) is 0. The molecule has 0 aromatic heterocycles. The fourth-order valence-corrected chi connectivity index (χ4v) is 1.98. The fourth-order valence-electron chi connectivity index (χ4n) is 1.53. The Morgan fingerprint density at radius 1 is 0.762 bits per heavy atom. The molecule has 0 aliphatic heterocycles. The summed E-state index contributed by atoms with van der Waals surface area (Å²) in [6.45, 7) is 0. The molecule has 0 unspecified atom stereocenters. The molecule has 7 heteroatoms. The van der Waals surface area contributed by atoms with Gasteiger partial charge in [-0.25, -0.2) is 0 Å². The van der Waals surface area contributed by atoms with E-state index >= 15 is 0 Å². The molecule has 101 valence electrons. The Kier molecular flexibility index (Phi) is 4.95. The molecule has 0 N–H and O–H groups in total. The SMILES string of the molecule is N#Cc1cc(Cl)cc(O[B]Oc2cc(Cl)cc(C#N)c2)c1. The Labute approximate surface area is 132 Å². The van der Waals surface area contributed by atoms with Gasteiger partial charge in [0.15, 0.2) is 0 Å². The van der Waals surface area contributed by atoms with Gasteiger partial charge >= 0.3 is 7.69 Å². The van der Waals surface area contributed by atoms with E-state index < -0.39 is 0 Å². The molecule has 0 atom stereocenters. The molecule has 0 spiro atoms. The average molecular weight is 316 g/mol. The van der Waals surface area contributed by atoms with E-state index in [9.17, 15) is 0 Å². The Morgan fingerprint density at radius 2 is 1.19 bits per heavy atom. The lowest BCUT2D eigenvalue weighted by molar-refractivity contribution is 0.459. The van der Waals surface area contributed by atoms with Gasteiger partial charge in [-0.15, -0.1) is 0 Å². The number of nitrogens with zero attached hydrogens (tertiary/aromatic N) is 2. The molecule has 0 bridgehead atoms. The van der Waals surface area contributed by atoms with Crippen LogP contribution in [-0.2, 0) is 0 Å². The zero-order valence-corrected chi connectivity index (χ0v) is 12.0. The van der Waals surface area contributed by atoms with Crippen molar-refractivity contribution in [2.24, 2.45) is 0 Å². The standard InChI is InChI=1S/C14H6BCl2N2O2/c16-11-1-9(7-18)3-13(5-11)20-15-21-14-4-10(8-19)2-12(17)6-14/h1-6H. The molecule has 2 aromatic carbocycles. The van der Waals surface area contributed by atoms with Crippen LogP contribution in [-0.4, -0.2) is 7.69 Å². The van der Waals surface area contributed by atoms with Crippen LogP contribution < -0.4 is 9.31 Å². The minimum Gasteiger partial charge on any atom is -0.526 e. The third-order valence-corrected chi connectivity index (χ3v) is 2.81. The molecular weight excluding hydrogens is 310 g/mol. The van der Waals surface area contributed by atoms with Crippen LogP contribution in [0.5, 0.6) is 11.5 Å². The molecule has 21 heavy (non-hydrogen) atoms. The van der Waals surface area contributed by atoms with Crippen molar-refractivity contribution in [1.82, 2.24) is 0 Å². The van der Waals surface area contributed by atoms with E-state index in [1.165, 1.54) is 24.3 Å². The van der Waals surface area contributed by atoms with Crippen LogP contribution in [0.15, 0.2) is 36.4 Å². The summed E-state index contributed by atoms with van der Waals surface area (Å²) in [5, 5.41) is 18.4. The summed E-state index contributed by atoms with van der Waals surface area (Å²) >= 11 is 11.7. The van der Waals surface area contributed by atoms with Crippen LogP contribution in [0.2, 0.25) is 10.0 Å². The van der Waals surface area contributed by atoms with E-state index in [1.807, 2.05) is 12.1 Å². The number of benzene rings is 2. The molecule has 1 radical (unpaired) electrons. The topological polar surface area (TPSA) is 66.0 Å². The summed E-state index contributed by atoms with van der Waals surface area (Å²) in [4.78, 5) is 0. The summed E-state index contributed by atoms with van der Waals surface area (Å²) in [7, 11) is 1.07. The molecule has 4 nitrogen and oxygen atoms in total. The van der Waals surface area contributed by atoms with E-state index in [-0.39, 0.29) is 0 Å². The monoisotopic (exact) mass is 315 g/mol. The average Bonchev–Trinajstić information content (AvgIpc) is 2.46. The summed E-state index contributed by atoms with van der Waals surface area (Å²) in [5.74, 6) is 0.725. The van der Waals surface area contributed by atoms with Crippen LogP contribution in [0, 0.1) is 22.7 Å². The quantitative estimate of drug-likeness (QED) is 0.806. The smallest absolute Gasteiger partial charge is 0.526 e. The minimum atomic E-state index is 0.363. The van der Waals surface area contributed by atoms with Crippen LogP contribution in [0.4, 0.5) is 0 Å². The first kappa shape index (κ1) is 15.1. The largest absolute Gasteiger partial charge is 0.658 e. The molecule has 2 aromatic rings. The Hall–Kier alpha value is -2.34. The van der Waals surface area contributed by atoms with E-state index in [0.29, 0.717) is 32.7 Å². The number of hydrogen-bond donors (Lipinski definition) is 0. The molecule has 0 heterocycles. The summed E-state index contributed by atoms with van der Waals surface area (Å²) in [6, 6.07) is 13.1. The number of nitriles is 2. The first-order valence-corrected chi connectivity index (χ1v) is 6.42. The first-order chi connectivity index (χ1) is 10.1. The highest BCUT2D eigenvalue weighted by molar-refractivity contribution is 6.31. The molecule has 0 aliphatic rings. The van der Waals surface area contributed by atoms with E-state index in [2.05, 4.69) is 0 Å². The minimum absolute atomic E-state index is 0.363. The molecule has 0 fully saturated rings. The molecule has 0 aliphatic carbocycles. The number of rotatable bonds is 4. The van der Waals surface area contributed by atoms with Crippen molar-refractivity contribution >= 4 is 30.9 Å².